The fraction of sp³-hybridized carbons (Fsp3) is 0.250. The van der Waals surface area contributed by atoms with Gasteiger partial charge >= 0.3 is 0 Å². The van der Waals surface area contributed by atoms with Crippen molar-refractivity contribution in [3.05, 3.63) is 76.0 Å². The Hall–Kier alpha value is -3.36. The molecule has 2 aliphatic heterocycles. The molecule has 5 rings (SSSR count). The van der Waals surface area contributed by atoms with E-state index in [4.69, 9.17) is 9.47 Å². The fourth-order valence-electron chi connectivity index (χ4n) is 3.89. The van der Waals surface area contributed by atoms with E-state index in [1.807, 2.05) is 28.5 Å². The highest BCUT2D eigenvalue weighted by molar-refractivity contribution is 7.12. The summed E-state index contributed by atoms with van der Waals surface area (Å²) in [4.78, 5) is 29.9. The van der Waals surface area contributed by atoms with Gasteiger partial charge in [0.2, 0.25) is 6.79 Å². The van der Waals surface area contributed by atoms with Gasteiger partial charge in [-0.3, -0.25) is 14.5 Å². The van der Waals surface area contributed by atoms with Gasteiger partial charge in [0, 0.05) is 44.0 Å². The van der Waals surface area contributed by atoms with Gasteiger partial charge < -0.3 is 19.7 Å². The molecule has 2 aliphatic rings. The third kappa shape index (κ3) is 4.46. The molecule has 0 aliphatic carbocycles. The number of rotatable bonds is 5. The van der Waals surface area contributed by atoms with Crippen LogP contribution in [0.1, 0.15) is 25.6 Å². The molecule has 2 amide bonds. The van der Waals surface area contributed by atoms with E-state index >= 15 is 0 Å². The molecular formula is C24H23N3O4S. The number of nitrogens with one attached hydrogen (secondary N) is 1. The molecule has 164 valence electrons. The van der Waals surface area contributed by atoms with Gasteiger partial charge in [-0.2, -0.15) is 0 Å². The van der Waals surface area contributed by atoms with Crippen LogP contribution in [-0.4, -0.2) is 54.6 Å². The maximum atomic E-state index is 12.9. The van der Waals surface area contributed by atoms with Crippen LogP contribution in [0.5, 0.6) is 11.5 Å². The zero-order valence-electron chi connectivity index (χ0n) is 17.5. The summed E-state index contributed by atoms with van der Waals surface area (Å²) >= 11 is 1.39. The van der Waals surface area contributed by atoms with Crippen LogP contribution in [0.4, 0.5) is 5.69 Å². The molecule has 32 heavy (non-hydrogen) atoms. The molecule has 0 spiro atoms. The molecule has 1 saturated heterocycles. The van der Waals surface area contributed by atoms with Gasteiger partial charge in [0.15, 0.2) is 11.5 Å². The summed E-state index contributed by atoms with van der Waals surface area (Å²) in [6, 6.07) is 16.7. The van der Waals surface area contributed by atoms with E-state index in [1.54, 1.807) is 30.3 Å². The third-order valence-corrected chi connectivity index (χ3v) is 6.51. The lowest BCUT2D eigenvalue weighted by Gasteiger charge is -2.34. The lowest BCUT2D eigenvalue weighted by Crippen LogP contribution is -2.48. The van der Waals surface area contributed by atoms with Crippen molar-refractivity contribution in [3.63, 3.8) is 0 Å². The summed E-state index contributed by atoms with van der Waals surface area (Å²) in [6.45, 7) is 4.09. The summed E-state index contributed by atoms with van der Waals surface area (Å²) in [5.74, 6) is 1.47. The standard InChI is InChI=1S/C24H23N3O4S/c28-23(22-2-1-13-32-22)25-19-6-4-18(5-7-19)24(29)27-11-9-26(10-12-27)15-17-3-8-20-21(14-17)31-16-30-20/h1-8,13-14H,9-12,15-16H2,(H,25,28). The Bertz CT molecular complexity index is 1110. The first kappa shape index (κ1) is 20.5. The maximum Gasteiger partial charge on any atom is 0.265 e. The van der Waals surface area contributed by atoms with Crippen molar-refractivity contribution in [2.75, 3.05) is 38.3 Å². The Labute approximate surface area is 190 Å². The zero-order chi connectivity index (χ0) is 21.9. The van der Waals surface area contributed by atoms with Gasteiger partial charge in [0.1, 0.15) is 0 Å². The molecule has 0 saturated carbocycles. The van der Waals surface area contributed by atoms with Crippen molar-refractivity contribution in [1.82, 2.24) is 9.80 Å². The number of piperazine rings is 1. The first-order chi connectivity index (χ1) is 15.7. The number of hydrogen-bond acceptors (Lipinski definition) is 6. The van der Waals surface area contributed by atoms with E-state index in [9.17, 15) is 9.59 Å². The van der Waals surface area contributed by atoms with Crippen molar-refractivity contribution >= 4 is 28.8 Å². The van der Waals surface area contributed by atoms with E-state index in [-0.39, 0.29) is 18.6 Å². The number of amides is 2. The normalized spacial score (nSPS) is 15.6. The number of thiophene rings is 1. The van der Waals surface area contributed by atoms with Gasteiger partial charge in [-0.1, -0.05) is 12.1 Å². The van der Waals surface area contributed by atoms with E-state index < -0.39 is 0 Å². The number of fused-ring (bicyclic) bond motifs is 1. The highest BCUT2D eigenvalue weighted by atomic mass is 32.1. The first-order valence-corrected chi connectivity index (χ1v) is 11.4. The summed E-state index contributed by atoms with van der Waals surface area (Å²) in [5.41, 5.74) is 2.48. The Morgan fingerprint density at radius 1 is 0.938 bits per heavy atom. The number of carbonyl (C=O) groups excluding carboxylic acids is 2. The quantitative estimate of drug-likeness (QED) is 0.643. The molecule has 3 heterocycles. The second-order valence-electron chi connectivity index (χ2n) is 7.76. The zero-order valence-corrected chi connectivity index (χ0v) is 18.3. The Balaban J connectivity index is 1.13. The van der Waals surface area contributed by atoms with Gasteiger partial charge in [-0.25, -0.2) is 0 Å². The molecule has 1 fully saturated rings. The van der Waals surface area contributed by atoms with E-state index in [0.29, 0.717) is 29.2 Å². The largest absolute Gasteiger partial charge is 0.454 e. The molecule has 8 heteroatoms. The lowest BCUT2D eigenvalue weighted by molar-refractivity contribution is 0.0628. The molecule has 0 unspecified atom stereocenters. The fourth-order valence-corrected chi connectivity index (χ4v) is 4.50. The molecule has 1 aromatic heterocycles. The molecule has 2 aromatic carbocycles. The van der Waals surface area contributed by atoms with Crippen molar-refractivity contribution in [2.24, 2.45) is 0 Å². The maximum absolute atomic E-state index is 12.9. The monoisotopic (exact) mass is 449 g/mol. The SMILES string of the molecule is O=C(Nc1ccc(C(=O)N2CCN(Cc3ccc4c(c3)OCO4)CC2)cc1)c1cccs1. The third-order valence-electron chi connectivity index (χ3n) is 5.64. The highest BCUT2D eigenvalue weighted by Crippen LogP contribution is 2.32. The Morgan fingerprint density at radius 3 is 2.47 bits per heavy atom. The Kier molecular flexibility index (Phi) is 5.79. The van der Waals surface area contributed by atoms with E-state index in [0.717, 1.165) is 31.1 Å². The first-order valence-electron chi connectivity index (χ1n) is 10.5. The van der Waals surface area contributed by atoms with Crippen LogP contribution < -0.4 is 14.8 Å². The molecular weight excluding hydrogens is 426 g/mol. The smallest absolute Gasteiger partial charge is 0.265 e. The van der Waals surface area contributed by atoms with Crippen LogP contribution in [-0.2, 0) is 6.54 Å². The average molecular weight is 450 g/mol. The van der Waals surface area contributed by atoms with Crippen LogP contribution in [0.2, 0.25) is 0 Å². The van der Waals surface area contributed by atoms with Crippen LogP contribution in [0.3, 0.4) is 0 Å². The number of hydrogen-bond donors (Lipinski definition) is 1. The minimum absolute atomic E-state index is 0.0175. The number of nitrogens with zero attached hydrogens (tertiary/aromatic N) is 2. The number of anilines is 1. The summed E-state index contributed by atoms with van der Waals surface area (Å²) < 4.78 is 10.8. The van der Waals surface area contributed by atoms with E-state index in [1.165, 1.54) is 16.9 Å². The minimum Gasteiger partial charge on any atom is -0.454 e. The second kappa shape index (κ2) is 9.02. The molecule has 1 N–H and O–H groups in total. The van der Waals surface area contributed by atoms with Gasteiger partial charge in [-0.05, 0) is 53.4 Å². The molecule has 0 bridgehead atoms. The van der Waals surface area contributed by atoms with Crippen LogP contribution in [0.25, 0.3) is 0 Å². The van der Waals surface area contributed by atoms with Crippen molar-refractivity contribution in [1.29, 1.82) is 0 Å². The van der Waals surface area contributed by atoms with Gasteiger partial charge in [0.25, 0.3) is 11.8 Å². The highest BCUT2D eigenvalue weighted by Gasteiger charge is 2.23. The summed E-state index contributed by atoms with van der Waals surface area (Å²) in [7, 11) is 0. The summed E-state index contributed by atoms with van der Waals surface area (Å²) in [5, 5.41) is 4.72. The molecule has 0 radical (unpaired) electrons. The minimum atomic E-state index is -0.141. The number of carbonyl (C=O) groups is 2. The van der Waals surface area contributed by atoms with Crippen molar-refractivity contribution in [2.45, 2.75) is 6.54 Å². The van der Waals surface area contributed by atoms with Crippen LogP contribution in [0.15, 0.2) is 60.0 Å². The number of ether oxygens (including phenoxy) is 2. The van der Waals surface area contributed by atoms with Crippen LogP contribution >= 0.6 is 11.3 Å². The predicted molar refractivity (Wildman–Crippen MR) is 122 cm³/mol. The average Bonchev–Trinajstić information content (AvgIpc) is 3.52. The van der Waals surface area contributed by atoms with Gasteiger partial charge in [-0.15, -0.1) is 11.3 Å². The number of benzene rings is 2. The predicted octanol–water partition coefficient (Wildman–Crippen LogP) is 3.69. The second-order valence-corrected chi connectivity index (χ2v) is 8.71. The molecule has 7 nitrogen and oxygen atoms in total. The van der Waals surface area contributed by atoms with Gasteiger partial charge in [0.05, 0.1) is 4.88 Å². The topological polar surface area (TPSA) is 71.1 Å². The Morgan fingerprint density at radius 2 is 1.72 bits per heavy atom. The lowest BCUT2D eigenvalue weighted by atomic mass is 10.1. The van der Waals surface area contributed by atoms with Crippen molar-refractivity contribution < 1.29 is 19.1 Å². The van der Waals surface area contributed by atoms with E-state index in [2.05, 4.69) is 16.3 Å². The molecule has 0 atom stereocenters. The van der Waals surface area contributed by atoms with Crippen molar-refractivity contribution in [3.8, 4) is 11.5 Å². The summed E-state index contributed by atoms with van der Waals surface area (Å²) in [6.07, 6.45) is 0. The molecule has 3 aromatic rings. The van der Waals surface area contributed by atoms with Crippen LogP contribution in [0, 0.1) is 0 Å².